The minimum Gasteiger partial charge on any atom is -0.305 e. The molecule has 0 radical (unpaired) electrons. The van der Waals surface area contributed by atoms with Gasteiger partial charge in [-0.3, -0.25) is 4.40 Å². The lowest BCUT2D eigenvalue weighted by Gasteiger charge is -2.18. The second kappa shape index (κ2) is 8.56. The van der Waals surface area contributed by atoms with Crippen molar-refractivity contribution in [2.45, 2.75) is 46.0 Å². The molecule has 0 N–H and O–H groups in total. The van der Waals surface area contributed by atoms with Crippen molar-refractivity contribution in [3.63, 3.8) is 0 Å². The number of hydrogen-bond donors (Lipinski definition) is 0. The van der Waals surface area contributed by atoms with Crippen LogP contribution in [-0.2, 0) is 6.42 Å². The van der Waals surface area contributed by atoms with Crippen LogP contribution in [0, 0.1) is 5.82 Å². The Bertz CT molecular complexity index is 1150. The number of thiazole rings is 1. The fraction of sp³-hybridized carbons (Fsp3) is 0.333. The molecule has 0 spiro atoms. The number of imidazole rings is 1. The normalized spacial score (nSPS) is 12.4. The molecule has 0 aliphatic heterocycles. The standard InChI is InChI=1S/C24H27FN4S/c1-5-7-16(3)18-10-13-22-26-20(6-2)23(29(22)14-18)28(4)24-27-21(15-30-24)17-8-11-19(25)12-9-17/h8-16H,5-7H2,1-4H3. The van der Waals surface area contributed by atoms with Gasteiger partial charge in [0.2, 0.25) is 0 Å². The van der Waals surface area contributed by atoms with Crippen molar-refractivity contribution in [2.24, 2.45) is 0 Å². The summed E-state index contributed by atoms with van der Waals surface area (Å²) in [5, 5.41) is 2.90. The Kier molecular flexibility index (Phi) is 5.86. The third kappa shape index (κ3) is 3.84. The highest BCUT2D eigenvalue weighted by Crippen LogP contribution is 2.34. The average molecular weight is 423 g/mol. The van der Waals surface area contributed by atoms with E-state index in [1.807, 2.05) is 12.4 Å². The van der Waals surface area contributed by atoms with Gasteiger partial charge in [0.1, 0.15) is 17.3 Å². The molecule has 1 atom stereocenters. The van der Waals surface area contributed by atoms with E-state index < -0.39 is 0 Å². The average Bonchev–Trinajstić information content (AvgIpc) is 3.38. The largest absolute Gasteiger partial charge is 0.305 e. The summed E-state index contributed by atoms with van der Waals surface area (Å²) in [6.07, 6.45) is 5.40. The first-order valence-electron chi connectivity index (χ1n) is 10.5. The minimum atomic E-state index is -0.238. The molecule has 3 aromatic heterocycles. The summed E-state index contributed by atoms with van der Waals surface area (Å²) < 4.78 is 15.4. The van der Waals surface area contributed by atoms with Gasteiger partial charge in [0, 0.05) is 24.2 Å². The maximum absolute atomic E-state index is 13.3. The molecule has 0 fully saturated rings. The number of rotatable bonds is 7. The number of halogens is 1. The predicted octanol–water partition coefficient (Wildman–Crippen LogP) is 6.83. The molecule has 1 aromatic carbocycles. The van der Waals surface area contributed by atoms with Gasteiger partial charge in [0.05, 0.1) is 11.4 Å². The molecule has 4 aromatic rings. The van der Waals surface area contributed by atoms with Gasteiger partial charge in [-0.15, -0.1) is 11.3 Å². The lowest BCUT2D eigenvalue weighted by atomic mass is 9.98. The fourth-order valence-electron chi connectivity index (χ4n) is 3.84. The first-order valence-corrected chi connectivity index (χ1v) is 11.4. The van der Waals surface area contributed by atoms with Crippen molar-refractivity contribution in [1.29, 1.82) is 0 Å². The summed E-state index contributed by atoms with van der Waals surface area (Å²) in [7, 11) is 2.04. The van der Waals surface area contributed by atoms with Gasteiger partial charge in [0.25, 0.3) is 0 Å². The van der Waals surface area contributed by atoms with Gasteiger partial charge in [-0.05, 0) is 54.7 Å². The van der Waals surface area contributed by atoms with Crippen LogP contribution in [-0.4, -0.2) is 21.4 Å². The Hall–Kier alpha value is -2.73. The van der Waals surface area contributed by atoms with E-state index in [-0.39, 0.29) is 5.82 Å². The topological polar surface area (TPSA) is 33.4 Å². The maximum atomic E-state index is 13.3. The molecular weight excluding hydrogens is 395 g/mol. The molecule has 0 amide bonds. The third-order valence-corrected chi connectivity index (χ3v) is 6.47. The van der Waals surface area contributed by atoms with Gasteiger partial charge in [0.15, 0.2) is 5.13 Å². The van der Waals surface area contributed by atoms with E-state index in [4.69, 9.17) is 9.97 Å². The molecule has 1 unspecified atom stereocenters. The highest BCUT2D eigenvalue weighted by atomic mass is 32.1. The number of aromatic nitrogens is 3. The van der Waals surface area contributed by atoms with Crippen molar-refractivity contribution >= 4 is 27.9 Å². The SMILES string of the molecule is CCCC(C)c1ccc2nc(CC)c(N(C)c3nc(-c4ccc(F)cc4)cs3)n2c1. The molecule has 4 nitrogen and oxygen atoms in total. The zero-order valence-corrected chi connectivity index (χ0v) is 18.7. The van der Waals surface area contributed by atoms with Gasteiger partial charge in [-0.2, -0.15) is 0 Å². The Morgan fingerprint density at radius 3 is 2.57 bits per heavy atom. The first-order chi connectivity index (χ1) is 14.5. The van der Waals surface area contributed by atoms with Crippen LogP contribution in [0.2, 0.25) is 0 Å². The molecule has 3 heterocycles. The van der Waals surface area contributed by atoms with Crippen LogP contribution < -0.4 is 4.90 Å². The van der Waals surface area contributed by atoms with Gasteiger partial charge >= 0.3 is 0 Å². The van der Waals surface area contributed by atoms with Crippen molar-refractivity contribution in [2.75, 3.05) is 11.9 Å². The van der Waals surface area contributed by atoms with Crippen molar-refractivity contribution in [3.05, 3.63) is 65.0 Å². The van der Waals surface area contributed by atoms with Crippen LogP contribution in [0.4, 0.5) is 15.3 Å². The lowest BCUT2D eigenvalue weighted by molar-refractivity contribution is 0.628. The molecule has 6 heteroatoms. The minimum absolute atomic E-state index is 0.238. The summed E-state index contributed by atoms with van der Waals surface area (Å²) in [6, 6.07) is 10.8. The number of hydrogen-bond acceptors (Lipinski definition) is 4. The summed E-state index contributed by atoms with van der Waals surface area (Å²) in [5.74, 6) is 1.32. The summed E-state index contributed by atoms with van der Waals surface area (Å²) in [5.41, 5.74) is 5.10. The van der Waals surface area contributed by atoms with Gasteiger partial charge < -0.3 is 4.90 Å². The van der Waals surface area contributed by atoms with E-state index in [9.17, 15) is 4.39 Å². The molecule has 0 aliphatic carbocycles. The quantitative estimate of drug-likeness (QED) is 0.327. The summed E-state index contributed by atoms with van der Waals surface area (Å²) >= 11 is 1.58. The van der Waals surface area contributed by atoms with Crippen LogP contribution in [0.25, 0.3) is 16.9 Å². The number of pyridine rings is 1. The Balaban J connectivity index is 1.74. The third-order valence-electron chi connectivity index (χ3n) is 5.55. The second-order valence-electron chi connectivity index (χ2n) is 7.70. The number of nitrogens with zero attached hydrogens (tertiary/aromatic N) is 4. The zero-order chi connectivity index (χ0) is 21.3. The smallest absolute Gasteiger partial charge is 0.191 e. The maximum Gasteiger partial charge on any atom is 0.191 e. The van der Waals surface area contributed by atoms with Crippen molar-refractivity contribution < 1.29 is 4.39 Å². The van der Waals surface area contributed by atoms with E-state index in [0.29, 0.717) is 5.92 Å². The van der Waals surface area contributed by atoms with Crippen molar-refractivity contribution in [3.8, 4) is 11.3 Å². The van der Waals surface area contributed by atoms with E-state index in [1.165, 1.54) is 30.5 Å². The van der Waals surface area contributed by atoms with Crippen LogP contribution in [0.3, 0.4) is 0 Å². The highest BCUT2D eigenvalue weighted by Gasteiger charge is 2.20. The van der Waals surface area contributed by atoms with E-state index in [0.717, 1.165) is 40.0 Å². The van der Waals surface area contributed by atoms with Crippen LogP contribution in [0.5, 0.6) is 0 Å². The Labute approximate surface area is 181 Å². The van der Waals surface area contributed by atoms with Crippen molar-refractivity contribution in [1.82, 2.24) is 14.4 Å². The lowest BCUT2D eigenvalue weighted by Crippen LogP contribution is -2.13. The molecule has 156 valence electrons. The molecule has 0 saturated heterocycles. The fourth-order valence-corrected chi connectivity index (χ4v) is 4.64. The Morgan fingerprint density at radius 2 is 1.87 bits per heavy atom. The first kappa shape index (κ1) is 20.5. The molecular formula is C24H27FN4S. The molecule has 0 aliphatic rings. The van der Waals surface area contributed by atoms with Gasteiger partial charge in [-0.25, -0.2) is 14.4 Å². The number of aryl methyl sites for hydroxylation is 1. The van der Waals surface area contributed by atoms with Crippen LogP contribution in [0.15, 0.2) is 48.0 Å². The second-order valence-corrected chi connectivity index (χ2v) is 8.53. The molecule has 0 bridgehead atoms. The Morgan fingerprint density at radius 1 is 1.10 bits per heavy atom. The van der Waals surface area contributed by atoms with E-state index >= 15 is 0 Å². The summed E-state index contributed by atoms with van der Waals surface area (Å²) in [6.45, 7) is 6.63. The zero-order valence-electron chi connectivity index (χ0n) is 17.9. The monoisotopic (exact) mass is 422 g/mol. The summed E-state index contributed by atoms with van der Waals surface area (Å²) in [4.78, 5) is 11.8. The molecule has 4 rings (SSSR count). The number of anilines is 2. The molecule has 30 heavy (non-hydrogen) atoms. The van der Waals surface area contributed by atoms with Crippen LogP contribution in [0.1, 0.15) is 50.8 Å². The molecule has 0 saturated carbocycles. The highest BCUT2D eigenvalue weighted by molar-refractivity contribution is 7.14. The number of fused-ring (bicyclic) bond motifs is 1. The number of benzene rings is 1. The van der Waals surface area contributed by atoms with Crippen LogP contribution >= 0.6 is 11.3 Å². The van der Waals surface area contributed by atoms with Gasteiger partial charge in [-0.1, -0.05) is 33.3 Å². The predicted molar refractivity (Wildman–Crippen MR) is 123 cm³/mol. The van der Waals surface area contributed by atoms with E-state index in [1.54, 1.807) is 23.5 Å². The van der Waals surface area contributed by atoms with E-state index in [2.05, 4.69) is 48.4 Å².